The number of nitrogens with zero attached hydrogens (tertiary/aromatic N) is 2. The van der Waals surface area contributed by atoms with Crippen molar-refractivity contribution in [2.45, 2.75) is 32.4 Å². The Labute approximate surface area is 174 Å². The Hall–Kier alpha value is -3.61. The Kier molecular flexibility index (Phi) is 5.52. The molecule has 0 spiro atoms. The highest BCUT2D eigenvalue weighted by atomic mass is 16.5. The minimum atomic E-state index is -0.657. The van der Waals surface area contributed by atoms with E-state index in [1.807, 2.05) is 61.5 Å². The maximum atomic E-state index is 12.6. The highest BCUT2D eigenvalue weighted by Gasteiger charge is 2.44. The van der Waals surface area contributed by atoms with Crippen molar-refractivity contribution in [3.8, 4) is 5.75 Å². The summed E-state index contributed by atoms with van der Waals surface area (Å²) in [6.45, 7) is 3.00. The van der Waals surface area contributed by atoms with Crippen LogP contribution in [0.1, 0.15) is 40.9 Å². The van der Waals surface area contributed by atoms with Crippen molar-refractivity contribution < 1.29 is 14.3 Å². The van der Waals surface area contributed by atoms with Crippen LogP contribution in [0.25, 0.3) is 0 Å². The number of primary amides is 1. The van der Waals surface area contributed by atoms with Gasteiger partial charge in [0.2, 0.25) is 5.91 Å². The Morgan fingerprint density at radius 2 is 1.90 bits per heavy atom. The molecule has 1 aliphatic carbocycles. The number of aryl methyl sites for hydroxylation is 1. The number of nitrogens with one attached hydrogen (secondary N) is 1. The molecule has 7 heteroatoms. The molecule has 30 heavy (non-hydrogen) atoms. The van der Waals surface area contributed by atoms with Crippen molar-refractivity contribution in [3.63, 3.8) is 0 Å². The van der Waals surface area contributed by atoms with Crippen LogP contribution in [-0.4, -0.2) is 21.6 Å². The number of aromatic nitrogens is 2. The molecule has 1 heterocycles. The first-order valence-electron chi connectivity index (χ1n) is 10.00. The number of anilines is 1. The summed E-state index contributed by atoms with van der Waals surface area (Å²) in [6, 6.07) is 17.9. The van der Waals surface area contributed by atoms with Gasteiger partial charge in [-0.3, -0.25) is 14.3 Å². The molecule has 7 nitrogen and oxygen atoms in total. The first-order valence-corrected chi connectivity index (χ1v) is 10.00. The van der Waals surface area contributed by atoms with Gasteiger partial charge < -0.3 is 15.8 Å². The van der Waals surface area contributed by atoms with Crippen LogP contribution in [0.2, 0.25) is 0 Å². The third-order valence-corrected chi connectivity index (χ3v) is 5.26. The van der Waals surface area contributed by atoms with Crippen LogP contribution < -0.4 is 15.8 Å². The van der Waals surface area contributed by atoms with Gasteiger partial charge in [-0.05, 0) is 42.5 Å². The normalized spacial score (nSPS) is 17.4. The molecule has 1 saturated carbocycles. The zero-order chi connectivity index (χ0) is 21.1. The van der Waals surface area contributed by atoms with E-state index >= 15 is 0 Å². The second-order valence-electron chi connectivity index (χ2n) is 7.39. The predicted molar refractivity (Wildman–Crippen MR) is 113 cm³/mol. The van der Waals surface area contributed by atoms with E-state index < -0.39 is 5.91 Å². The number of carbonyl (C=O) groups excluding carboxylic acids is 2. The van der Waals surface area contributed by atoms with Gasteiger partial charge in [0.25, 0.3) is 5.91 Å². The fourth-order valence-corrected chi connectivity index (χ4v) is 3.49. The minimum absolute atomic E-state index is 0.0855. The van der Waals surface area contributed by atoms with E-state index in [1.54, 1.807) is 10.9 Å². The lowest BCUT2D eigenvalue weighted by molar-refractivity contribution is -0.117. The molecule has 4 rings (SSSR count). The number of rotatable bonds is 8. The second kappa shape index (κ2) is 8.41. The van der Waals surface area contributed by atoms with Crippen LogP contribution >= 0.6 is 0 Å². The fraction of sp³-hybridized carbons (Fsp3) is 0.261. The molecule has 2 aromatic carbocycles. The summed E-state index contributed by atoms with van der Waals surface area (Å²) in [6.07, 6.45) is 2.40. The maximum absolute atomic E-state index is 12.6. The molecule has 154 valence electrons. The largest absolute Gasteiger partial charge is 0.489 e. The number of nitrogens with two attached hydrogens (primary N) is 1. The zero-order valence-corrected chi connectivity index (χ0v) is 16.7. The van der Waals surface area contributed by atoms with Gasteiger partial charge >= 0.3 is 0 Å². The summed E-state index contributed by atoms with van der Waals surface area (Å²) in [5.41, 5.74) is 8.03. The van der Waals surface area contributed by atoms with E-state index in [-0.39, 0.29) is 23.4 Å². The van der Waals surface area contributed by atoms with Gasteiger partial charge in [0.1, 0.15) is 12.4 Å². The molecule has 2 amide bonds. The highest BCUT2D eigenvalue weighted by molar-refractivity contribution is 6.02. The monoisotopic (exact) mass is 404 g/mol. The minimum Gasteiger partial charge on any atom is -0.489 e. The Balaban J connectivity index is 1.34. The zero-order valence-electron chi connectivity index (χ0n) is 16.7. The van der Waals surface area contributed by atoms with E-state index in [9.17, 15) is 9.59 Å². The molecular formula is C23H24N4O3. The smallest absolute Gasteiger partial charge is 0.271 e. The van der Waals surface area contributed by atoms with Crippen molar-refractivity contribution >= 4 is 17.5 Å². The molecular weight excluding hydrogens is 380 g/mol. The molecule has 0 aliphatic heterocycles. The van der Waals surface area contributed by atoms with Crippen LogP contribution in [0.3, 0.4) is 0 Å². The van der Waals surface area contributed by atoms with Gasteiger partial charge in [0.15, 0.2) is 5.69 Å². The van der Waals surface area contributed by atoms with Gasteiger partial charge in [0, 0.05) is 18.7 Å². The predicted octanol–water partition coefficient (Wildman–Crippen LogP) is 3.32. The molecule has 1 aliphatic rings. The summed E-state index contributed by atoms with van der Waals surface area (Å²) >= 11 is 0. The van der Waals surface area contributed by atoms with Gasteiger partial charge in [-0.1, -0.05) is 42.5 Å². The number of hydrogen-bond donors (Lipinski definition) is 2. The molecule has 2 atom stereocenters. The van der Waals surface area contributed by atoms with Crippen molar-refractivity contribution in [2.75, 3.05) is 5.32 Å². The molecule has 2 unspecified atom stereocenters. The number of ether oxygens (including phenoxy) is 1. The number of amides is 2. The molecule has 3 aromatic rings. The van der Waals surface area contributed by atoms with Gasteiger partial charge in [-0.2, -0.15) is 5.10 Å². The highest BCUT2D eigenvalue weighted by Crippen LogP contribution is 2.48. The van der Waals surface area contributed by atoms with Crippen molar-refractivity contribution in [1.29, 1.82) is 0 Å². The van der Waals surface area contributed by atoms with Crippen LogP contribution in [0.15, 0.2) is 60.8 Å². The summed E-state index contributed by atoms with van der Waals surface area (Å²) in [4.78, 5) is 24.2. The Morgan fingerprint density at radius 3 is 2.57 bits per heavy atom. The maximum Gasteiger partial charge on any atom is 0.271 e. The van der Waals surface area contributed by atoms with E-state index in [2.05, 4.69) is 10.4 Å². The van der Waals surface area contributed by atoms with Crippen molar-refractivity contribution in [3.05, 3.63) is 77.6 Å². The number of benzene rings is 2. The standard InChI is InChI=1S/C23H24N4O3/c1-2-27-13-20(21(26-27)22(24)28)25-23(29)19-12-18(19)16-8-10-17(11-9-16)30-14-15-6-4-3-5-7-15/h3-11,13,18-19H,2,12,14H2,1H3,(H2,24,28)(H,25,29). The van der Waals surface area contributed by atoms with Crippen LogP contribution in [0.4, 0.5) is 5.69 Å². The third-order valence-electron chi connectivity index (χ3n) is 5.26. The average Bonchev–Trinajstić information content (AvgIpc) is 3.46. The summed E-state index contributed by atoms with van der Waals surface area (Å²) < 4.78 is 7.39. The van der Waals surface area contributed by atoms with E-state index in [4.69, 9.17) is 10.5 Å². The Morgan fingerprint density at radius 1 is 1.17 bits per heavy atom. The first-order chi connectivity index (χ1) is 14.5. The summed E-state index contributed by atoms with van der Waals surface area (Å²) in [5.74, 6) is 0.0408. The van der Waals surface area contributed by atoms with E-state index in [0.717, 1.165) is 23.3 Å². The van der Waals surface area contributed by atoms with Gasteiger partial charge in [-0.15, -0.1) is 0 Å². The lowest BCUT2D eigenvalue weighted by Crippen LogP contribution is -2.19. The number of carbonyl (C=O) groups is 2. The van der Waals surface area contributed by atoms with Crippen molar-refractivity contribution in [1.82, 2.24) is 9.78 Å². The fourth-order valence-electron chi connectivity index (χ4n) is 3.49. The SMILES string of the molecule is CCn1cc(NC(=O)C2CC2c2ccc(OCc3ccccc3)cc2)c(C(N)=O)n1. The molecule has 1 aromatic heterocycles. The molecule has 3 N–H and O–H groups in total. The number of hydrogen-bond acceptors (Lipinski definition) is 4. The van der Waals surface area contributed by atoms with E-state index in [0.29, 0.717) is 18.8 Å². The second-order valence-corrected chi connectivity index (χ2v) is 7.39. The van der Waals surface area contributed by atoms with Crippen LogP contribution in [-0.2, 0) is 17.9 Å². The molecule has 0 saturated heterocycles. The van der Waals surface area contributed by atoms with Gasteiger partial charge in [0.05, 0.1) is 5.69 Å². The quantitative estimate of drug-likeness (QED) is 0.602. The van der Waals surface area contributed by atoms with Gasteiger partial charge in [-0.25, -0.2) is 0 Å². The topological polar surface area (TPSA) is 99.2 Å². The molecule has 0 bridgehead atoms. The third kappa shape index (κ3) is 4.35. The van der Waals surface area contributed by atoms with Crippen LogP contribution in [0, 0.1) is 5.92 Å². The lowest BCUT2D eigenvalue weighted by Gasteiger charge is -2.08. The average molecular weight is 404 g/mol. The van der Waals surface area contributed by atoms with Crippen LogP contribution in [0.5, 0.6) is 5.75 Å². The molecule has 1 fully saturated rings. The lowest BCUT2D eigenvalue weighted by atomic mass is 10.1. The van der Waals surface area contributed by atoms with Crippen molar-refractivity contribution in [2.24, 2.45) is 11.7 Å². The summed E-state index contributed by atoms with van der Waals surface area (Å²) in [7, 11) is 0. The first kappa shape index (κ1) is 19.7. The van der Waals surface area contributed by atoms with E-state index in [1.165, 1.54) is 0 Å². The molecule has 0 radical (unpaired) electrons. The Bertz CT molecular complexity index is 1040. The summed E-state index contributed by atoms with van der Waals surface area (Å²) in [5, 5.41) is 6.91.